The topological polar surface area (TPSA) is 26.3 Å². The van der Waals surface area contributed by atoms with Crippen molar-refractivity contribution in [3.05, 3.63) is 0 Å². The molecule has 4 aliphatic carbocycles. The first-order valence-electron chi connectivity index (χ1n) is 8.22. The lowest BCUT2D eigenvalue weighted by Crippen LogP contribution is -2.50. The number of hydrogen-bond acceptors (Lipinski definition) is 2. The monoisotopic (exact) mass is 340 g/mol. The van der Waals surface area contributed by atoms with Gasteiger partial charge in [-0.15, -0.1) is 0 Å². The van der Waals surface area contributed by atoms with E-state index < -0.39 is 42.9 Å². The van der Waals surface area contributed by atoms with Gasteiger partial charge in [0.2, 0.25) is 6.43 Å². The molecule has 132 valence electrons. The largest absolute Gasteiger partial charge is 0.465 e. The number of esters is 1. The first-order valence-corrected chi connectivity index (χ1v) is 8.22. The van der Waals surface area contributed by atoms with E-state index in [4.69, 9.17) is 4.74 Å². The van der Waals surface area contributed by atoms with E-state index in [0.29, 0.717) is 17.8 Å². The lowest BCUT2D eigenvalue weighted by Gasteiger charge is -2.55. The van der Waals surface area contributed by atoms with Gasteiger partial charge < -0.3 is 4.74 Å². The molecular formula is C16H21F5O2. The van der Waals surface area contributed by atoms with Gasteiger partial charge in [0.1, 0.15) is 5.92 Å². The molecule has 0 heterocycles. The summed E-state index contributed by atoms with van der Waals surface area (Å²) in [5, 5.41) is 0. The van der Waals surface area contributed by atoms with Crippen molar-refractivity contribution >= 4 is 5.97 Å². The van der Waals surface area contributed by atoms with E-state index in [-0.39, 0.29) is 0 Å². The zero-order chi connectivity index (χ0) is 16.8. The minimum atomic E-state index is -4.97. The number of hydrogen-bond donors (Lipinski definition) is 0. The summed E-state index contributed by atoms with van der Waals surface area (Å²) in [7, 11) is 0. The maximum Gasteiger partial charge on any atom is 0.397 e. The van der Waals surface area contributed by atoms with Crippen LogP contribution in [0.3, 0.4) is 0 Å². The summed E-state index contributed by atoms with van der Waals surface area (Å²) in [6.45, 7) is -0.588. The van der Waals surface area contributed by atoms with Gasteiger partial charge >= 0.3 is 12.1 Å². The van der Waals surface area contributed by atoms with Crippen LogP contribution in [-0.2, 0) is 9.53 Å². The lowest BCUT2D eigenvalue weighted by molar-refractivity contribution is -0.213. The summed E-state index contributed by atoms with van der Waals surface area (Å²) in [6.07, 6.45) is -3.70. The molecule has 0 aromatic heterocycles. The van der Waals surface area contributed by atoms with E-state index in [9.17, 15) is 26.7 Å². The van der Waals surface area contributed by atoms with E-state index in [1.54, 1.807) is 0 Å². The Bertz CT molecular complexity index is 425. The van der Waals surface area contributed by atoms with E-state index in [1.165, 1.54) is 0 Å². The van der Waals surface area contributed by atoms with Crippen LogP contribution in [0, 0.1) is 29.1 Å². The Morgan fingerprint density at radius 2 is 1.52 bits per heavy atom. The van der Waals surface area contributed by atoms with Gasteiger partial charge in [0, 0.05) is 0 Å². The van der Waals surface area contributed by atoms with Crippen LogP contribution in [0.2, 0.25) is 0 Å². The summed E-state index contributed by atoms with van der Waals surface area (Å²) in [6, 6.07) is 0. The molecule has 0 aliphatic heterocycles. The van der Waals surface area contributed by atoms with Crippen LogP contribution in [0.1, 0.15) is 44.9 Å². The van der Waals surface area contributed by atoms with Crippen molar-refractivity contribution in [2.45, 2.75) is 57.5 Å². The fraction of sp³-hybridized carbons (Fsp3) is 0.938. The smallest absolute Gasteiger partial charge is 0.397 e. The van der Waals surface area contributed by atoms with Gasteiger partial charge in [-0.05, 0) is 62.7 Å². The second kappa shape index (κ2) is 5.88. The van der Waals surface area contributed by atoms with Gasteiger partial charge in [-0.2, -0.15) is 13.2 Å². The fourth-order valence-corrected chi connectivity index (χ4v) is 5.22. The molecule has 4 bridgehead atoms. The maximum absolute atomic E-state index is 12.5. The summed E-state index contributed by atoms with van der Waals surface area (Å²) in [5.74, 6) is -1.66. The van der Waals surface area contributed by atoms with Gasteiger partial charge in [0.15, 0.2) is 0 Å². The highest BCUT2D eigenvalue weighted by atomic mass is 19.4. The summed E-state index contributed by atoms with van der Waals surface area (Å²) in [4.78, 5) is 12.4. The minimum Gasteiger partial charge on any atom is -0.465 e. The highest BCUT2D eigenvalue weighted by molar-refractivity contribution is 5.77. The number of halogens is 5. The number of ether oxygens (including phenoxy) is 1. The molecule has 0 N–H and O–H groups in total. The lowest BCUT2D eigenvalue weighted by atomic mass is 9.49. The average molecular weight is 340 g/mol. The molecule has 1 unspecified atom stereocenters. The first kappa shape index (κ1) is 17.0. The Labute approximate surface area is 131 Å². The minimum absolute atomic E-state index is 0.466. The van der Waals surface area contributed by atoms with Gasteiger partial charge in [-0.25, -0.2) is 8.78 Å². The van der Waals surface area contributed by atoms with Crippen molar-refractivity contribution in [3.8, 4) is 0 Å². The second-order valence-electron chi connectivity index (χ2n) is 7.61. The predicted octanol–water partition coefficient (Wildman–Crippen LogP) is 4.58. The van der Waals surface area contributed by atoms with Gasteiger partial charge in [0.05, 0.1) is 12.0 Å². The van der Waals surface area contributed by atoms with Crippen LogP contribution < -0.4 is 0 Å². The van der Waals surface area contributed by atoms with Crippen molar-refractivity contribution in [2.24, 2.45) is 29.1 Å². The number of alkyl halides is 5. The molecule has 0 aromatic carbocycles. The molecule has 7 heteroatoms. The molecule has 4 rings (SSSR count). The zero-order valence-electron chi connectivity index (χ0n) is 12.7. The first-order chi connectivity index (χ1) is 10.7. The van der Waals surface area contributed by atoms with Crippen LogP contribution in [0.15, 0.2) is 0 Å². The van der Waals surface area contributed by atoms with Crippen molar-refractivity contribution in [3.63, 3.8) is 0 Å². The number of carbonyl (C=O) groups is 1. The Hall–Kier alpha value is -0.880. The fourth-order valence-electron chi connectivity index (χ4n) is 5.22. The number of carbonyl (C=O) groups excluding carboxylic acids is 1. The molecule has 0 saturated heterocycles. The van der Waals surface area contributed by atoms with Crippen LogP contribution in [0.5, 0.6) is 0 Å². The quantitative estimate of drug-likeness (QED) is 0.541. The van der Waals surface area contributed by atoms with E-state index >= 15 is 0 Å². The van der Waals surface area contributed by atoms with Crippen molar-refractivity contribution < 1.29 is 31.5 Å². The van der Waals surface area contributed by atoms with Gasteiger partial charge in [-0.1, -0.05) is 0 Å². The average Bonchev–Trinajstić information content (AvgIpc) is 2.39. The third kappa shape index (κ3) is 3.33. The molecule has 0 aromatic rings. The van der Waals surface area contributed by atoms with Gasteiger partial charge in [-0.3, -0.25) is 4.79 Å². The maximum atomic E-state index is 12.5. The highest BCUT2D eigenvalue weighted by Crippen LogP contribution is 2.60. The zero-order valence-corrected chi connectivity index (χ0v) is 12.7. The number of rotatable bonds is 5. The Morgan fingerprint density at radius 3 is 1.91 bits per heavy atom. The molecule has 0 amide bonds. The Kier molecular flexibility index (Phi) is 4.34. The van der Waals surface area contributed by atoms with Crippen LogP contribution in [0.4, 0.5) is 22.0 Å². The second-order valence-corrected chi connectivity index (χ2v) is 7.61. The predicted molar refractivity (Wildman–Crippen MR) is 71.7 cm³/mol. The summed E-state index contributed by atoms with van der Waals surface area (Å²) in [5.41, 5.74) is -0.562. The molecule has 0 radical (unpaired) electrons. The highest BCUT2D eigenvalue weighted by Gasteiger charge is 2.55. The standard InChI is InChI=1S/C16H21F5O2/c17-13(18)12(16(19,20)21)1-2-23-14(22)15-6-9-3-10(7-15)5-11(4-9)8-15/h9-13H,1-8H2. The summed E-state index contributed by atoms with van der Waals surface area (Å²) < 4.78 is 67.4. The van der Waals surface area contributed by atoms with E-state index in [1.807, 2.05) is 0 Å². The van der Waals surface area contributed by atoms with Crippen LogP contribution in [0.25, 0.3) is 0 Å². The Balaban J connectivity index is 1.56. The SMILES string of the molecule is O=C(OCCC(C(F)F)C(F)(F)F)C12CC3CC(CC(C3)C1)C2. The molecule has 1 atom stereocenters. The van der Waals surface area contributed by atoms with Crippen LogP contribution in [-0.4, -0.2) is 25.2 Å². The third-order valence-corrected chi connectivity index (χ3v) is 5.86. The van der Waals surface area contributed by atoms with Gasteiger partial charge in [0.25, 0.3) is 0 Å². The summed E-state index contributed by atoms with van der Waals surface area (Å²) >= 11 is 0. The van der Waals surface area contributed by atoms with Crippen molar-refractivity contribution in [1.82, 2.24) is 0 Å². The Morgan fingerprint density at radius 1 is 1.04 bits per heavy atom. The van der Waals surface area contributed by atoms with Crippen molar-refractivity contribution in [2.75, 3.05) is 6.61 Å². The molecule has 23 heavy (non-hydrogen) atoms. The third-order valence-electron chi connectivity index (χ3n) is 5.86. The van der Waals surface area contributed by atoms with Crippen molar-refractivity contribution in [1.29, 1.82) is 0 Å². The molecule has 2 nitrogen and oxygen atoms in total. The van der Waals surface area contributed by atoms with E-state index in [0.717, 1.165) is 38.5 Å². The molecule has 4 aliphatic rings. The normalized spacial score (nSPS) is 37.2. The molecular weight excluding hydrogens is 319 g/mol. The molecule has 4 fully saturated rings. The molecule has 0 spiro atoms. The van der Waals surface area contributed by atoms with E-state index in [2.05, 4.69) is 0 Å². The van der Waals surface area contributed by atoms with Crippen LogP contribution >= 0.6 is 0 Å². The molecule has 4 saturated carbocycles.